The predicted octanol–water partition coefficient (Wildman–Crippen LogP) is 1.53. The molecule has 0 amide bonds. The standard InChI is InChI=1S/C11H18FN5/c1-2-3-8-4-5-17(7-8)10-9(12)6-14-11(15-10)16-13/h6,8H,2-5,7,13H2,1H3,(H,14,15,16). The van der Waals surface area contributed by atoms with Gasteiger partial charge in [-0.15, -0.1) is 0 Å². The third-order valence-corrected chi connectivity index (χ3v) is 3.14. The van der Waals surface area contributed by atoms with Gasteiger partial charge < -0.3 is 4.90 Å². The molecule has 0 aliphatic carbocycles. The molecule has 0 aromatic carbocycles. The Balaban J connectivity index is 2.12. The second-order valence-corrected chi connectivity index (χ2v) is 4.40. The maximum absolute atomic E-state index is 13.6. The number of hydrazine groups is 1. The van der Waals surface area contributed by atoms with Crippen molar-refractivity contribution in [3.05, 3.63) is 12.0 Å². The Morgan fingerprint density at radius 3 is 3.18 bits per heavy atom. The van der Waals surface area contributed by atoms with E-state index in [2.05, 4.69) is 22.3 Å². The zero-order chi connectivity index (χ0) is 12.3. The van der Waals surface area contributed by atoms with E-state index in [-0.39, 0.29) is 11.8 Å². The topological polar surface area (TPSA) is 67.1 Å². The number of rotatable bonds is 4. The highest BCUT2D eigenvalue weighted by Crippen LogP contribution is 2.27. The quantitative estimate of drug-likeness (QED) is 0.616. The van der Waals surface area contributed by atoms with Crippen LogP contribution < -0.4 is 16.2 Å². The lowest BCUT2D eigenvalue weighted by Crippen LogP contribution is -2.23. The van der Waals surface area contributed by atoms with Crippen LogP contribution in [-0.2, 0) is 0 Å². The molecule has 1 aromatic rings. The zero-order valence-corrected chi connectivity index (χ0v) is 9.99. The number of nitrogens with zero attached hydrogens (tertiary/aromatic N) is 3. The third kappa shape index (κ3) is 2.63. The summed E-state index contributed by atoms with van der Waals surface area (Å²) in [4.78, 5) is 9.78. The highest BCUT2D eigenvalue weighted by Gasteiger charge is 2.25. The fraction of sp³-hybridized carbons (Fsp3) is 0.636. The largest absolute Gasteiger partial charge is 0.354 e. The molecular weight excluding hydrogens is 221 g/mol. The average molecular weight is 239 g/mol. The summed E-state index contributed by atoms with van der Waals surface area (Å²) in [6, 6.07) is 0. The Kier molecular flexibility index (Phi) is 3.73. The van der Waals surface area contributed by atoms with Gasteiger partial charge in [-0.3, -0.25) is 5.43 Å². The Bertz CT molecular complexity index is 384. The summed E-state index contributed by atoms with van der Waals surface area (Å²) < 4.78 is 13.6. The molecule has 1 atom stereocenters. The van der Waals surface area contributed by atoms with Gasteiger partial charge in [-0.1, -0.05) is 13.3 Å². The van der Waals surface area contributed by atoms with E-state index >= 15 is 0 Å². The van der Waals surface area contributed by atoms with Crippen molar-refractivity contribution in [3.8, 4) is 0 Å². The minimum absolute atomic E-state index is 0.250. The highest BCUT2D eigenvalue weighted by atomic mass is 19.1. The van der Waals surface area contributed by atoms with Gasteiger partial charge in [-0.05, 0) is 18.8 Å². The summed E-state index contributed by atoms with van der Waals surface area (Å²) in [7, 11) is 0. The molecule has 1 aliphatic heterocycles. The maximum Gasteiger partial charge on any atom is 0.239 e. The van der Waals surface area contributed by atoms with Crippen molar-refractivity contribution in [2.24, 2.45) is 11.8 Å². The number of aromatic nitrogens is 2. The molecule has 0 radical (unpaired) electrons. The number of hydrogen-bond donors (Lipinski definition) is 2. The van der Waals surface area contributed by atoms with Gasteiger partial charge in [-0.25, -0.2) is 15.2 Å². The molecule has 1 aromatic heterocycles. The molecule has 94 valence electrons. The summed E-state index contributed by atoms with van der Waals surface area (Å²) in [5.41, 5.74) is 2.34. The van der Waals surface area contributed by atoms with Gasteiger partial charge in [0.15, 0.2) is 11.6 Å². The van der Waals surface area contributed by atoms with Crippen LogP contribution in [-0.4, -0.2) is 23.1 Å². The number of nitrogen functional groups attached to an aromatic ring is 1. The number of halogens is 1. The summed E-state index contributed by atoms with van der Waals surface area (Å²) in [5.74, 6) is 6.08. The minimum Gasteiger partial charge on any atom is -0.354 e. The van der Waals surface area contributed by atoms with Crippen LogP contribution in [0.5, 0.6) is 0 Å². The van der Waals surface area contributed by atoms with E-state index in [1.165, 1.54) is 12.8 Å². The molecule has 2 heterocycles. The van der Waals surface area contributed by atoms with E-state index in [1.807, 2.05) is 4.90 Å². The Hall–Kier alpha value is -1.43. The Morgan fingerprint density at radius 2 is 2.47 bits per heavy atom. The molecular formula is C11H18FN5. The molecule has 1 fully saturated rings. The van der Waals surface area contributed by atoms with Crippen LogP contribution in [0.1, 0.15) is 26.2 Å². The van der Waals surface area contributed by atoms with Gasteiger partial charge in [0.2, 0.25) is 5.95 Å². The van der Waals surface area contributed by atoms with Crippen LogP contribution in [0, 0.1) is 11.7 Å². The van der Waals surface area contributed by atoms with Crippen LogP contribution in [0.15, 0.2) is 6.20 Å². The van der Waals surface area contributed by atoms with Gasteiger partial charge in [-0.2, -0.15) is 4.98 Å². The van der Waals surface area contributed by atoms with Crippen molar-refractivity contribution < 1.29 is 4.39 Å². The lowest BCUT2D eigenvalue weighted by atomic mass is 10.0. The lowest BCUT2D eigenvalue weighted by Gasteiger charge is -2.18. The van der Waals surface area contributed by atoms with Gasteiger partial charge in [0.25, 0.3) is 0 Å². The van der Waals surface area contributed by atoms with Gasteiger partial charge in [0.1, 0.15) is 0 Å². The molecule has 1 aliphatic rings. The Morgan fingerprint density at radius 1 is 1.65 bits per heavy atom. The molecule has 6 heteroatoms. The number of nitrogens with two attached hydrogens (primary N) is 1. The molecule has 3 N–H and O–H groups in total. The van der Waals surface area contributed by atoms with Gasteiger partial charge >= 0.3 is 0 Å². The smallest absolute Gasteiger partial charge is 0.239 e. The monoisotopic (exact) mass is 239 g/mol. The van der Waals surface area contributed by atoms with Crippen molar-refractivity contribution in [2.45, 2.75) is 26.2 Å². The van der Waals surface area contributed by atoms with Crippen LogP contribution in [0.4, 0.5) is 16.2 Å². The first kappa shape index (κ1) is 12.0. The third-order valence-electron chi connectivity index (χ3n) is 3.14. The maximum atomic E-state index is 13.6. The second-order valence-electron chi connectivity index (χ2n) is 4.40. The summed E-state index contributed by atoms with van der Waals surface area (Å²) in [5, 5.41) is 0. The van der Waals surface area contributed by atoms with Crippen molar-refractivity contribution in [1.29, 1.82) is 0 Å². The van der Waals surface area contributed by atoms with Gasteiger partial charge in [0.05, 0.1) is 6.20 Å². The van der Waals surface area contributed by atoms with E-state index in [4.69, 9.17) is 5.84 Å². The molecule has 0 saturated carbocycles. The SMILES string of the molecule is CCCC1CCN(c2nc(NN)ncc2F)C1. The summed E-state index contributed by atoms with van der Waals surface area (Å²) in [6.07, 6.45) is 4.61. The highest BCUT2D eigenvalue weighted by molar-refractivity contribution is 5.44. The van der Waals surface area contributed by atoms with Crippen molar-refractivity contribution in [1.82, 2.24) is 9.97 Å². The normalized spacial score (nSPS) is 19.7. The fourth-order valence-electron chi connectivity index (χ4n) is 2.32. The fourth-order valence-corrected chi connectivity index (χ4v) is 2.32. The zero-order valence-electron chi connectivity index (χ0n) is 9.99. The number of nitrogens with one attached hydrogen (secondary N) is 1. The van der Waals surface area contributed by atoms with Crippen LogP contribution in [0.3, 0.4) is 0 Å². The second kappa shape index (κ2) is 5.27. The van der Waals surface area contributed by atoms with Crippen LogP contribution in [0.25, 0.3) is 0 Å². The van der Waals surface area contributed by atoms with Crippen molar-refractivity contribution in [3.63, 3.8) is 0 Å². The molecule has 1 unspecified atom stereocenters. The van der Waals surface area contributed by atoms with Gasteiger partial charge in [0, 0.05) is 13.1 Å². The first-order valence-corrected chi connectivity index (χ1v) is 5.98. The Labute approximate surface area is 100 Å². The summed E-state index contributed by atoms with van der Waals surface area (Å²) >= 11 is 0. The first-order chi connectivity index (χ1) is 8.24. The molecule has 0 bridgehead atoms. The number of anilines is 2. The van der Waals surface area contributed by atoms with Crippen LogP contribution >= 0.6 is 0 Å². The van der Waals surface area contributed by atoms with E-state index in [9.17, 15) is 4.39 Å². The molecule has 2 rings (SSSR count). The average Bonchev–Trinajstić information content (AvgIpc) is 2.79. The van der Waals surface area contributed by atoms with Crippen molar-refractivity contribution >= 4 is 11.8 Å². The predicted molar refractivity (Wildman–Crippen MR) is 65.0 cm³/mol. The van der Waals surface area contributed by atoms with E-state index in [0.29, 0.717) is 11.7 Å². The molecule has 17 heavy (non-hydrogen) atoms. The molecule has 0 spiro atoms. The minimum atomic E-state index is -0.388. The van der Waals surface area contributed by atoms with Crippen molar-refractivity contribution in [2.75, 3.05) is 23.4 Å². The van der Waals surface area contributed by atoms with E-state index in [1.54, 1.807) is 0 Å². The molecule has 1 saturated heterocycles. The summed E-state index contributed by atoms with van der Waals surface area (Å²) in [6.45, 7) is 3.89. The van der Waals surface area contributed by atoms with E-state index < -0.39 is 0 Å². The van der Waals surface area contributed by atoms with E-state index in [0.717, 1.165) is 25.7 Å². The number of hydrogen-bond acceptors (Lipinski definition) is 5. The first-order valence-electron chi connectivity index (χ1n) is 5.98. The lowest BCUT2D eigenvalue weighted by molar-refractivity contribution is 0.528. The van der Waals surface area contributed by atoms with Crippen LogP contribution in [0.2, 0.25) is 0 Å². The molecule has 5 nitrogen and oxygen atoms in total.